The molecule has 0 spiro atoms. The van der Waals surface area contributed by atoms with Crippen molar-refractivity contribution >= 4 is 21.0 Å². The molecule has 0 bridgehead atoms. The van der Waals surface area contributed by atoms with Gasteiger partial charge in [0.25, 0.3) is 0 Å². The first-order valence-corrected chi connectivity index (χ1v) is 5.02. The second-order valence-corrected chi connectivity index (χ2v) is 4.02. The van der Waals surface area contributed by atoms with Crippen LogP contribution in [0.1, 0.15) is 0 Å². The molecule has 0 unspecified atom stereocenters. The Kier molecular flexibility index (Phi) is 3.39. The summed E-state index contributed by atoms with van der Waals surface area (Å²) in [4.78, 5) is 2.54. The molecule has 1 aromatic carbocycles. The first-order chi connectivity index (χ1) is 6.07. The molecule has 0 aliphatic heterocycles. The number of para-hydroxylation sites is 1. The predicted molar refractivity (Wildman–Crippen MR) is 46.3 cm³/mol. The SMILES string of the molecule is O=S(=O)([O-])c1cc2ccccc2[nH]1.[Na+]. The fraction of sp³-hybridized carbons (Fsp3) is 0. The summed E-state index contributed by atoms with van der Waals surface area (Å²) in [5.74, 6) is 0. The second-order valence-electron chi connectivity index (χ2n) is 2.67. The second kappa shape index (κ2) is 4.04. The van der Waals surface area contributed by atoms with E-state index < -0.39 is 10.1 Å². The van der Waals surface area contributed by atoms with Crippen molar-refractivity contribution in [2.45, 2.75) is 5.03 Å². The normalized spacial score (nSPS) is 11.2. The van der Waals surface area contributed by atoms with E-state index in [1.54, 1.807) is 24.3 Å². The van der Waals surface area contributed by atoms with Crippen LogP contribution >= 0.6 is 0 Å². The number of H-pyrrole nitrogens is 1. The third-order valence-corrected chi connectivity index (χ3v) is 2.53. The number of aromatic nitrogens is 1. The third-order valence-electron chi connectivity index (χ3n) is 1.77. The summed E-state index contributed by atoms with van der Waals surface area (Å²) in [7, 11) is -4.37. The topological polar surface area (TPSA) is 73.0 Å². The van der Waals surface area contributed by atoms with Gasteiger partial charge in [0.15, 0.2) is 0 Å². The molecular formula is C8H6NNaO3S. The van der Waals surface area contributed by atoms with Crippen LogP contribution in [0.3, 0.4) is 0 Å². The summed E-state index contributed by atoms with van der Waals surface area (Å²) in [5, 5.41) is 0.436. The minimum absolute atomic E-state index is 0. The van der Waals surface area contributed by atoms with Crippen LogP contribution in [0.4, 0.5) is 0 Å². The van der Waals surface area contributed by atoms with E-state index in [1.165, 1.54) is 6.07 Å². The standard InChI is InChI=1S/C8H7NO3S.Na/c10-13(11,12)8-5-6-3-1-2-4-7(6)9-8;/h1-5,9H,(H,10,11,12);/q;+1/p-1. The average molecular weight is 219 g/mol. The van der Waals surface area contributed by atoms with Gasteiger partial charge in [-0.05, 0) is 12.1 Å². The Hall–Kier alpha value is -0.330. The summed E-state index contributed by atoms with van der Waals surface area (Å²) < 4.78 is 31.8. The maximum atomic E-state index is 10.6. The van der Waals surface area contributed by atoms with Crippen molar-refractivity contribution in [1.29, 1.82) is 0 Å². The minimum Gasteiger partial charge on any atom is -0.743 e. The van der Waals surface area contributed by atoms with Crippen LogP contribution in [0.15, 0.2) is 35.4 Å². The number of fused-ring (bicyclic) bond motifs is 1. The Morgan fingerprint density at radius 1 is 1.21 bits per heavy atom. The van der Waals surface area contributed by atoms with Crippen molar-refractivity contribution in [3.63, 3.8) is 0 Å². The molecule has 14 heavy (non-hydrogen) atoms. The molecule has 4 nitrogen and oxygen atoms in total. The summed E-state index contributed by atoms with van der Waals surface area (Å²) in [6, 6.07) is 8.32. The van der Waals surface area contributed by atoms with Crippen LogP contribution in [0.5, 0.6) is 0 Å². The van der Waals surface area contributed by atoms with Crippen molar-refractivity contribution in [1.82, 2.24) is 4.98 Å². The number of rotatable bonds is 1. The van der Waals surface area contributed by atoms with Gasteiger partial charge >= 0.3 is 29.6 Å². The molecule has 0 saturated heterocycles. The number of benzene rings is 1. The number of nitrogens with one attached hydrogen (secondary N) is 1. The van der Waals surface area contributed by atoms with Crippen molar-refractivity contribution < 1.29 is 42.5 Å². The van der Waals surface area contributed by atoms with Crippen LogP contribution in [0.25, 0.3) is 10.9 Å². The summed E-state index contributed by atoms with van der Waals surface area (Å²) in [6.45, 7) is 0. The third kappa shape index (κ3) is 2.18. The van der Waals surface area contributed by atoms with Crippen molar-refractivity contribution in [3.8, 4) is 0 Å². The van der Waals surface area contributed by atoms with Crippen molar-refractivity contribution in [3.05, 3.63) is 30.3 Å². The van der Waals surface area contributed by atoms with E-state index in [9.17, 15) is 13.0 Å². The Balaban J connectivity index is 0.000000980. The average Bonchev–Trinajstić information content (AvgIpc) is 2.45. The molecule has 68 valence electrons. The molecule has 6 heteroatoms. The van der Waals surface area contributed by atoms with Gasteiger partial charge in [0.05, 0.1) is 0 Å². The maximum Gasteiger partial charge on any atom is 1.00 e. The van der Waals surface area contributed by atoms with Crippen molar-refractivity contribution in [2.24, 2.45) is 0 Å². The Morgan fingerprint density at radius 2 is 1.86 bits per heavy atom. The molecule has 0 radical (unpaired) electrons. The molecule has 0 atom stereocenters. The monoisotopic (exact) mass is 219 g/mol. The smallest absolute Gasteiger partial charge is 0.743 e. The molecule has 2 aromatic rings. The minimum atomic E-state index is -4.37. The van der Waals surface area contributed by atoms with Gasteiger partial charge in [0.1, 0.15) is 15.1 Å². The van der Waals surface area contributed by atoms with Gasteiger partial charge in [-0.25, -0.2) is 8.42 Å². The van der Waals surface area contributed by atoms with Gasteiger partial charge in [-0.15, -0.1) is 0 Å². The van der Waals surface area contributed by atoms with Crippen LogP contribution in [-0.2, 0) is 10.1 Å². The zero-order valence-corrected chi connectivity index (χ0v) is 10.3. The molecule has 0 aliphatic rings. The predicted octanol–water partition coefficient (Wildman–Crippen LogP) is -1.92. The summed E-state index contributed by atoms with van der Waals surface area (Å²) in [5.41, 5.74) is 0.650. The summed E-state index contributed by atoms with van der Waals surface area (Å²) in [6.07, 6.45) is 0. The van der Waals surface area contributed by atoms with E-state index in [4.69, 9.17) is 0 Å². The van der Waals surface area contributed by atoms with E-state index in [-0.39, 0.29) is 34.6 Å². The fourth-order valence-electron chi connectivity index (χ4n) is 1.18. The van der Waals surface area contributed by atoms with Gasteiger partial charge in [-0.3, -0.25) is 0 Å². The Morgan fingerprint density at radius 3 is 2.43 bits per heavy atom. The largest absolute Gasteiger partial charge is 1.00 e. The van der Waals surface area contributed by atoms with Crippen molar-refractivity contribution in [2.75, 3.05) is 0 Å². The Bertz CT molecular complexity index is 513. The van der Waals surface area contributed by atoms with Crippen LogP contribution in [0.2, 0.25) is 0 Å². The first kappa shape index (κ1) is 11.7. The molecule has 0 amide bonds. The van der Waals surface area contributed by atoms with Crippen LogP contribution < -0.4 is 29.6 Å². The van der Waals surface area contributed by atoms with E-state index in [0.717, 1.165) is 5.39 Å². The molecule has 0 fully saturated rings. The summed E-state index contributed by atoms with van der Waals surface area (Å²) >= 11 is 0. The van der Waals surface area contributed by atoms with E-state index >= 15 is 0 Å². The molecular weight excluding hydrogens is 213 g/mol. The number of aromatic amines is 1. The van der Waals surface area contributed by atoms with Gasteiger partial charge < -0.3 is 9.54 Å². The van der Waals surface area contributed by atoms with E-state index in [2.05, 4.69) is 4.98 Å². The van der Waals surface area contributed by atoms with E-state index in [0.29, 0.717) is 5.52 Å². The van der Waals surface area contributed by atoms with Gasteiger partial charge in [-0.2, -0.15) is 0 Å². The fourth-order valence-corrected chi connectivity index (χ4v) is 1.69. The van der Waals surface area contributed by atoms with E-state index in [1.807, 2.05) is 0 Å². The zero-order chi connectivity index (χ0) is 9.47. The number of hydrogen-bond donors (Lipinski definition) is 1. The van der Waals surface area contributed by atoms with Gasteiger partial charge in [-0.1, -0.05) is 18.2 Å². The Labute approximate surface area is 103 Å². The quantitative estimate of drug-likeness (QED) is 0.448. The van der Waals surface area contributed by atoms with Crippen LogP contribution in [0, 0.1) is 0 Å². The van der Waals surface area contributed by atoms with Gasteiger partial charge in [0, 0.05) is 10.9 Å². The molecule has 1 aromatic heterocycles. The molecule has 0 aliphatic carbocycles. The molecule has 1 heterocycles. The number of hydrogen-bond acceptors (Lipinski definition) is 3. The van der Waals surface area contributed by atoms with Gasteiger partial charge in [0.2, 0.25) is 0 Å². The zero-order valence-electron chi connectivity index (χ0n) is 7.52. The first-order valence-electron chi connectivity index (χ1n) is 3.61. The maximum absolute atomic E-state index is 10.6. The molecule has 0 saturated carbocycles. The molecule has 1 N–H and O–H groups in total. The molecule has 2 rings (SSSR count). The van der Waals surface area contributed by atoms with Crippen LogP contribution in [-0.4, -0.2) is 18.0 Å².